The van der Waals surface area contributed by atoms with Gasteiger partial charge in [0.05, 0.1) is 0 Å². The Bertz CT molecular complexity index is 76.1. The number of aliphatic hydroxyl groups excluding tert-OH is 1. The summed E-state index contributed by atoms with van der Waals surface area (Å²) in [5.74, 6) is 0. The molecule has 0 amide bonds. The van der Waals surface area contributed by atoms with Gasteiger partial charge in [0, 0.05) is 0 Å². The first-order chi connectivity index (χ1) is 3.18. The molecule has 42 valence electrons. The third kappa shape index (κ3) is 2.37. The summed E-state index contributed by atoms with van der Waals surface area (Å²) >= 11 is 0. The number of rotatable bonds is 1. The Morgan fingerprint density at radius 2 is 2.29 bits per heavy atom. The van der Waals surface area contributed by atoms with E-state index in [1.165, 1.54) is 0 Å². The van der Waals surface area contributed by atoms with Crippen molar-refractivity contribution in [1.29, 1.82) is 0 Å². The monoisotopic (exact) mass is 101 g/mol. The summed E-state index contributed by atoms with van der Waals surface area (Å²) in [6, 6.07) is 0. The van der Waals surface area contributed by atoms with Crippen molar-refractivity contribution in [3.05, 3.63) is 11.6 Å². The van der Waals surface area contributed by atoms with Crippen molar-refractivity contribution in [3.63, 3.8) is 0 Å². The van der Waals surface area contributed by atoms with Crippen molar-refractivity contribution in [3.8, 4) is 0 Å². The van der Waals surface area contributed by atoms with Crippen LogP contribution in [0.1, 0.15) is 13.8 Å². The van der Waals surface area contributed by atoms with Crippen molar-refractivity contribution in [1.82, 2.24) is 0 Å². The molecule has 3 N–H and O–H groups in total. The van der Waals surface area contributed by atoms with Crippen molar-refractivity contribution >= 4 is 0 Å². The third-order valence-corrected chi connectivity index (χ3v) is 0.922. The van der Waals surface area contributed by atoms with E-state index in [2.05, 4.69) is 0 Å². The topological polar surface area (TPSA) is 46.2 Å². The molecule has 0 fully saturated rings. The van der Waals surface area contributed by atoms with E-state index in [-0.39, 0.29) is 0 Å². The molecule has 0 aliphatic carbocycles. The van der Waals surface area contributed by atoms with Gasteiger partial charge in [-0.25, -0.2) is 0 Å². The van der Waals surface area contributed by atoms with Crippen molar-refractivity contribution < 1.29 is 5.11 Å². The second-order valence-electron chi connectivity index (χ2n) is 1.48. The number of aliphatic hydroxyl groups is 1. The molecule has 2 nitrogen and oxygen atoms in total. The second kappa shape index (κ2) is 2.77. The van der Waals surface area contributed by atoms with Gasteiger partial charge < -0.3 is 10.8 Å². The molecule has 2 heteroatoms. The predicted octanol–water partition coefficient (Wildman–Crippen LogP) is 0.230. The van der Waals surface area contributed by atoms with Gasteiger partial charge in [-0.1, -0.05) is 6.08 Å². The molecule has 1 unspecified atom stereocenters. The second-order valence-corrected chi connectivity index (χ2v) is 1.48. The van der Waals surface area contributed by atoms with Crippen LogP contribution in [-0.2, 0) is 0 Å². The summed E-state index contributed by atoms with van der Waals surface area (Å²) in [5, 5.41) is 8.53. The maximum Gasteiger partial charge on any atom is 0.124 e. The van der Waals surface area contributed by atoms with E-state index >= 15 is 0 Å². The zero-order chi connectivity index (χ0) is 5.86. The van der Waals surface area contributed by atoms with E-state index in [0.29, 0.717) is 0 Å². The van der Waals surface area contributed by atoms with Crippen LogP contribution in [0, 0.1) is 0 Å². The maximum atomic E-state index is 8.53. The first-order valence-electron chi connectivity index (χ1n) is 2.25. The first-order valence-corrected chi connectivity index (χ1v) is 2.25. The van der Waals surface area contributed by atoms with Gasteiger partial charge in [-0.05, 0) is 19.4 Å². The largest absolute Gasteiger partial charge is 0.375 e. The molecular weight excluding hydrogens is 90.1 g/mol. The molecule has 0 aliphatic heterocycles. The molecule has 0 rings (SSSR count). The SMILES string of the molecule is C/C=C(\C)C(N)O. The minimum Gasteiger partial charge on any atom is -0.375 e. The normalized spacial score (nSPS) is 16.9. The average molecular weight is 101 g/mol. The number of nitrogens with two attached hydrogens (primary N) is 1. The van der Waals surface area contributed by atoms with E-state index < -0.39 is 6.23 Å². The molecule has 0 aromatic heterocycles. The van der Waals surface area contributed by atoms with Crippen LogP contribution in [0.4, 0.5) is 0 Å². The smallest absolute Gasteiger partial charge is 0.124 e. The van der Waals surface area contributed by atoms with E-state index in [0.717, 1.165) is 5.57 Å². The zero-order valence-electron chi connectivity index (χ0n) is 4.68. The Morgan fingerprint density at radius 3 is 2.29 bits per heavy atom. The summed E-state index contributed by atoms with van der Waals surface area (Å²) in [6.07, 6.45) is 1.01. The molecule has 0 spiro atoms. The van der Waals surface area contributed by atoms with E-state index in [4.69, 9.17) is 10.8 Å². The number of hydrogen-bond donors (Lipinski definition) is 2. The Labute approximate surface area is 43.6 Å². The minimum atomic E-state index is -0.773. The summed E-state index contributed by atoms with van der Waals surface area (Å²) in [5.41, 5.74) is 5.84. The van der Waals surface area contributed by atoms with Crippen LogP contribution in [0.15, 0.2) is 11.6 Å². The highest BCUT2D eigenvalue weighted by Gasteiger charge is 1.92. The molecule has 0 heterocycles. The molecule has 0 saturated heterocycles. The van der Waals surface area contributed by atoms with Gasteiger partial charge in [-0.15, -0.1) is 0 Å². The first kappa shape index (κ1) is 6.66. The highest BCUT2D eigenvalue weighted by Crippen LogP contribution is 1.91. The quantitative estimate of drug-likeness (QED) is 0.367. The van der Waals surface area contributed by atoms with Crippen LogP contribution in [0.25, 0.3) is 0 Å². The Balaban J connectivity index is 3.56. The van der Waals surface area contributed by atoms with E-state index in [9.17, 15) is 0 Å². The lowest BCUT2D eigenvalue weighted by atomic mass is 10.3. The van der Waals surface area contributed by atoms with Crippen LogP contribution in [-0.4, -0.2) is 11.3 Å². The predicted molar refractivity (Wildman–Crippen MR) is 29.6 cm³/mol. The lowest BCUT2D eigenvalue weighted by Gasteiger charge is -2.00. The van der Waals surface area contributed by atoms with Gasteiger partial charge in [0.15, 0.2) is 0 Å². The summed E-state index contributed by atoms with van der Waals surface area (Å²) in [7, 11) is 0. The van der Waals surface area contributed by atoms with Gasteiger partial charge in [0.1, 0.15) is 6.23 Å². The molecular formula is C5H11NO. The number of hydrogen-bond acceptors (Lipinski definition) is 2. The average Bonchev–Trinajstić information content (AvgIpc) is 1.65. The summed E-state index contributed by atoms with van der Waals surface area (Å²) < 4.78 is 0. The van der Waals surface area contributed by atoms with E-state index in [1.54, 1.807) is 13.0 Å². The maximum absolute atomic E-state index is 8.53. The molecule has 0 radical (unpaired) electrons. The lowest BCUT2D eigenvalue weighted by Crippen LogP contribution is -2.19. The lowest BCUT2D eigenvalue weighted by molar-refractivity contribution is 0.219. The van der Waals surface area contributed by atoms with Crippen LogP contribution in [0.3, 0.4) is 0 Å². The van der Waals surface area contributed by atoms with Gasteiger partial charge in [-0.3, -0.25) is 0 Å². The fourth-order valence-electron chi connectivity index (χ4n) is 0.171. The van der Waals surface area contributed by atoms with Gasteiger partial charge in [-0.2, -0.15) is 0 Å². The Kier molecular flexibility index (Phi) is 2.64. The van der Waals surface area contributed by atoms with Gasteiger partial charge in [0.2, 0.25) is 0 Å². The molecule has 0 aliphatic rings. The molecule has 0 bridgehead atoms. The molecule has 0 aromatic rings. The Hall–Kier alpha value is -0.340. The van der Waals surface area contributed by atoms with Crippen LogP contribution < -0.4 is 5.73 Å². The standard InChI is InChI=1S/C5H11NO/c1-3-4(2)5(6)7/h3,5,7H,6H2,1-2H3/b4-3+. The zero-order valence-corrected chi connectivity index (χ0v) is 4.68. The van der Waals surface area contributed by atoms with Gasteiger partial charge >= 0.3 is 0 Å². The van der Waals surface area contributed by atoms with Gasteiger partial charge in [0.25, 0.3) is 0 Å². The van der Waals surface area contributed by atoms with Crippen LogP contribution >= 0.6 is 0 Å². The molecule has 0 aromatic carbocycles. The van der Waals surface area contributed by atoms with Crippen LogP contribution in [0.2, 0.25) is 0 Å². The highest BCUT2D eigenvalue weighted by molar-refractivity contribution is 4.99. The summed E-state index contributed by atoms with van der Waals surface area (Å²) in [4.78, 5) is 0. The fourth-order valence-corrected chi connectivity index (χ4v) is 0.171. The molecule has 1 atom stereocenters. The Morgan fingerprint density at radius 1 is 1.86 bits per heavy atom. The molecule has 7 heavy (non-hydrogen) atoms. The van der Waals surface area contributed by atoms with Crippen molar-refractivity contribution in [2.24, 2.45) is 5.73 Å². The van der Waals surface area contributed by atoms with Crippen molar-refractivity contribution in [2.75, 3.05) is 0 Å². The fraction of sp³-hybridized carbons (Fsp3) is 0.600. The highest BCUT2D eigenvalue weighted by atomic mass is 16.3. The van der Waals surface area contributed by atoms with Crippen molar-refractivity contribution in [2.45, 2.75) is 20.1 Å². The number of allylic oxidation sites excluding steroid dienone is 1. The minimum absolute atomic E-state index is 0.773. The summed E-state index contributed by atoms with van der Waals surface area (Å²) in [6.45, 7) is 3.62. The third-order valence-electron chi connectivity index (χ3n) is 0.922. The van der Waals surface area contributed by atoms with Crippen LogP contribution in [0.5, 0.6) is 0 Å². The van der Waals surface area contributed by atoms with E-state index in [1.807, 2.05) is 6.92 Å². The molecule has 0 saturated carbocycles.